The highest BCUT2D eigenvalue weighted by Crippen LogP contribution is 2.27. The molecule has 180 valence electrons. The second-order valence-corrected chi connectivity index (χ2v) is 9.16. The first-order valence-corrected chi connectivity index (χ1v) is 12.0. The van der Waals surface area contributed by atoms with E-state index in [-0.39, 0.29) is 16.4 Å². The number of anilines is 1. The molecule has 0 aliphatic rings. The first-order chi connectivity index (χ1) is 16.3. The summed E-state index contributed by atoms with van der Waals surface area (Å²) in [6.07, 6.45) is 0.572. The lowest BCUT2D eigenvalue weighted by molar-refractivity contribution is 0.0954. The van der Waals surface area contributed by atoms with E-state index in [1.165, 1.54) is 13.2 Å². The van der Waals surface area contributed by atoms with Crippen LogP contribution in [0.2, 0.25) is 0 Å². The lowest BCUT2D eigenvalue weighted by Crippen LogP contribution is -2.26. The minimum Gasteiger partial charge on any atom is -0.497 e. The topological polar surface area (TPSA) is 103 Å². The van der Waals surface area contributed by atoms with Crippen LogP contribution in [0, 0.1) is 6.92 Å². The number of rotatable bonds is 10. The van der Waals surface area contributed by atoms with Crippen LogP contribution >= 0.6 is 0 Å². The molecule has 0 aliphatic heterocycles. The van der Waals surface area contributed by atoms with Crippen LogP contribution in [0.4, 0.5) is 5.69 Å². The van der Waals surface area contributed by atoms with Crippen molar-refractivity contribution in [1.29, 1.82) is 0 Å². The summed E-state index contributed by atoms with van der Waals surface area (Å²) in [5, 5.41) is 2.83. The zero-order valence-electron chi connectivity index (χ0n) is 19.5. The van der Waals surface area contributed by atoms with Crippen LogP contribution in [-0.2, 0) is 16.4 Å². The summed E-state index contributed by atoms with van der Waals surface area (Å²) in [4.78, 5) is 12.7. The van der Waals surface area contributed by atoms with E-state index in [0.717, 1.165) is 5.56 Å². The van der Waals surface area contributed by atoms with Crippen molar-refractivity contribution in [2.75, 3.05) is 32.6 Å². The standard InChI is InChI=1S/C25H28N2O6S/c1-17-5-7-19(16-24(17)34(29,30)27-20-8-10-21(31-2)11-9-20)25(28)26-14-13-18-6-12-22(32-3)23(15-18)33-4/h5-12,15-16,27H,13-14H2,1-4H3,(H,26,28). The van der Waals surface area contributed by atoms with Crippen LogP contribution in [-0.4, -0.2) is 42.2 Å². The van der Waals surface area contributed by atoms with Crippen molar-refractivity contribution in [2.45, 2.75) is 18.2 Å². The molecule has 0 aliphatic carbocycles. The molecule has 0 spiro atoms. The van der Waals surface area contributed by atoms with Crippen molar-refractivity contribution in [3.8, 4) is 17.2 Å². The highest BCUT2D eigenvalue weighted by molar-refractivity contribution is 7.92. The molecule has 0 fully saturated rings. The molecule has 3 rings (SSSR count). The number of sulfonamides is 1. The Bertz CT molecular complexity index is 1260. The Balaban J connectivity index is 1.69. The van der Waals surface area contributed by atoms with Gasteiger partial charge in [0.05, 0.1) is 26.2 Å². The van der Waals surface area contributed by atoms with Crippen LogP contribution in [0.15, 0.2) is 65.6 Å². The first-order valence-electron chi connectivity index (χ1n) is 10.5. The quantitative estimate of drug-likeness (QED) is 0.454. The Kier molecular flexibility index (Phi) is 8.01. The monoisotopic (exact) mass is 484 g/mol. The molecular weight excluding hydrogens is 456 g/mol. The van der Waals surface area contributed by atoms with Crippen molar-refractivity contribution in [1.82, 2.24) is 5.32 Å². The number of amides is 1. The molecule has 2 N–H and O–H groups in total. The van der Waals surface area contributed by atoms with E-state index >= 15 is 0 Å². The molecule has 1 amide bonds. The van der Waals surface area contributed by atoms with Gasteiger partial charge in [-0.3, -0.25) is 9.52 Å². The second-order valence-electron chi connectivity index (χ2n) is 7.51. The summed E-state index contributed by atoms with van der Waals surface area (Å²) in [6.45, 7) is 2.05. The second kappa shape index (κ2) is 10.9. The van der Waals surface area contributed by atoms with E-state index in [4.69, 9.17) is 14.2 Å². The Morgan fingerprint density at radius 2 is 1.56 bits per heavy atom. The Morgan fingerprint density at radius 1 is 0.853 bits per heavy atom. The largest absolute Gasteiger partial charge is 0.497 e. The van der Waals surface area contributed by atoms with Gasteiger partial charge in [0, 0.05) is 17.8 Å². The van der Waals surface area contributed by atoms with E-state index in [0.29, 0.717) is 41.5 Å². The van der Waals surface area contributed by atoms with E-state index < -0.39 is 10.0 Å². The van der Waals surface area contributed by atoms with Crippen molar-refractivity contribution in [3.63, 3.8) is 0 Å². The number of nitrogens with one attached hydrogen (secondary N) is 2. The lowest BCUT2D eigenvalue weighted by atomic mass is 10.1. The number of aryl methyl sites for hydroxylation is 1. The summed E-state index contributed by atoms with van der Waals surface area (Å²) >= 11 is 0. The molecule has 0 bridgehead atoms. The number of methoxy groups -OCH3 is 3. The Morgan fingerprint density at radius 3 is 2.21 bits per heavy atom. The van der Waals surface area contributed by atoms with Gasteiger partial charge in [0.25, 0.3) is 15.9 Å². The van der Waals surface area contributed by atoms with Gasteiger partial charge in [-0.2, -0.15) is 0 Å². The van der Waals surface area contributed by atoms with Crippen LogP contribution in [0.5, 0.6) is 17.2 Å². The highest BCUT2D eigenvalue weighted by atomic mass is 32.2. The molecule has 8 nitrogen and oxygen atoms in total. The molecule has 0 saturated carbocycles. The highest BCUT2D eigenvalue weighted by Gasteiger charge is 2.19. The van der Waals surface area contributed by atoms with Gasteiger partial charge in [0.15, 0.2) is 11.5 Å². The molecule has 0 unspecified atom stereocenters. The van der Waals surface area contributed by atoms with E-state index in [1.54, 1.807) is 57.5 Å². The molecule has 0 atom stereocenters. The van der Waals surface area contributed by atoms with Crippen molar-refractivity contribution < 1.29 is 27.4 Å². The normalized spacial score (nSPS) is 10.9. The summed E-state index contributed by atoms with van der Waals surface area (Å²) in [5.41, 5.74) is 2.15. The molecule has 0 heterocycles. The Hall–Kier alpha value is -3.72. The van der Waals surface area contributed by atoms with Crippen molar-refractivity contribution >= 4 is 21.6 Å². The van der Waals surface area contributed by atoms with Crippen LogP contribution in [0.1, 0.15) is 21.5 Å². The zero-order valence-corrected chi connectivity index (χ0v) is 20.4. The zero-order chi connectivity index (χ0) is 24.7. The predicted octanol–water partition coefficient (Wildman–Crippen LogP) is 3.79. The Labute approximate surface area is 199 Å². The number of ether oxygens (including phenoxy) is 3. The minimum atomic E-state index is -3.89. The van der Waals surface area contributed by atoms with Crippen molar-refractivity contribution in [3.05, 3.63) is 77.4 Å². The SMILES string of the molecule is COc1ccc(NS(=O)(=O)c2cc(C(=O)NCCc3ccc(OC)c(OC)c3)ccc2C)cc1. The minimum absolute atomic E-state index is 0.0378. The number of benzene rings is 3. The van der Waals surface area contributed by atoms with Gasteiger partial charge < -0.3 is 19.5 Å². The predicted molar refractivity (Wildman–Crippen MR) is 131 cm³/mol. The smallest absolute Gasteiger partial charge is 0.262 e. The van der Waals surface area contributed by atoms with E-state index in [1.807, 2.05) is 18.2 Å². The van der Waals surface area contributed by atoms with Crippen LogP contribution in [0.25, 0.3) is 0 Å². The number of carbonyl (C=O) groups is 1. The first kappa shape index (κ1) is 24.9. The average Bonchev–Trinajstić information content (AvgIpc) is 2.84. The number of hydrogen-bond donors (Lipinski definition) is 2. The van der Waals surface area contributed by atoms with Gasteiger partial charge in [-0.25, -0.2) is 8.42 Å². The number of hydrogen-bond acceptors (Lipinski definition) is 6. The fourth-order valence-corrected chi connectivity index (χ4v) is 4.69. The van der Waals surface area contributed by atoms with Gasteiger partial charge in [-0.1, -0.05) is 12.1 Å². The molecule has 0 radical (unpaired) electrons. The van der Waals surface area contributed by atoms with E-state index in [2.05, 4.69) is 10.0 Å². The maximum atomic E-state index is 13.0. The molecule has 9 heteroatoms. The van der Waals surface area contributed by atoms with Gasteiger partial charge in [0.2, 0.25) is 0 Å². The molecule has 0 saturated heterocycles. The number of carbonyl (C=O) groups excluding carboxylic acids is 1. The molecular formula is C25H28N2O6S. The summed E-state index contributed by atoms with van der Waals surface area (Å²) in [6, 6.07) is 16.7. The lowest BCUT2D eigenvalue weighted by Gasteiger charge is -2.13. The van der Waals surface area contributed by atoms with E-state index in [9.17, 15) is 13.2 Å². The molecule has 3 aromatic carbocycles. The van der Waals surface area contributed by atoms with Gasteiger partial charge >= 0.3 is 0 Å². The third-order valence-corrected chi connectivity index (χ3v) is 6.75. The van der Waals surface area contributed by atoms with Crippen LogP contribution in [0.3, 0.4) is 0 Å². The average molecular weight is 485 g/mol. The molecule has 3 aromatic rings. The van der Waals surface area contributed by atoms with Crippen LogP contribution < -0.4 is 24.2 Å². The summed E-state index contributed by atoms with van der Waals surface area (Å²) < 4.78 is 44.1. The van der Waals surface area contributed by atoms with Gasteiger partial charge in [0.1, 0.15) is 5.75 Å². The third-order valence-electron chi connectivity index (χ3n) is 5.23. The molecule has 34 heavy (non-hydrogen) atoms. The maximum Gasteiger partial charge on any atom is 0.262 e. The fraction of sp³-hybridized carbons (Fsp3) is 0.240. The van der Waals surface area contributed by atoms with Gasteiger partial charge in [-0.15, -0.1) is 0 Å². The maximum absolute atomic E-state index is 13.0. The fourth-order valence-electron chi connectivity index (χ4n) is 3.36. The summed E-state index contributed by atoms with van der Waals surface area (Å²) in [7, 11) is 0.776. The van der Waals surface area contributed by atoms with Crippen molar-refractivity contribution in [2.24, 2.45) is 0 Å². The third kappa shape index (κ3) is 5.99. The van der Waals surface area contributed by atoms with Gasteiger partial charge in [-0.05, 0) is 73.0 Å². The molecule has 0 aromatic heterocycles. The summed E-state index contributed by atoms with van der Waals surface area (Å²) in [5.74, 6) is 1.50.